The standard InChI is InChI=1S/C14H20BrN3O2/c1-17(9-11-4-6-16-7-5-11)10-12-2-3-13(18(19)20)8-14(12)15/h2-3,8,11,16H,4-7,9-10H2,1H3. The van der Waals surface area contributed by atoms with Crippen LogP contribution in [0.15, 0.2) is 22.7 Å². The van der Waals surface area contributed by atoms with Gasteiger partial charge < -0.3 is 10.2 Å². The van der Waals surface area contributed by atoms with Gasteiger partial charge in [0.1, 0.15) is 0 Å². The van der Waals surface area contributed by atoms with Gasteiger partial charge in [-0.2, -0.15) is 0 Å². The summed E-state index contributed by atoms with van der Waals surface area (Å²) in [6.45, 7) is 4.10. The molecule has 0 bridgehead atoms. The van der Waals surface area contributed by atoms with E-state index in [9.17, 15) is 10.1 Å². The lowest BCUT2D eigenvalue weighted by atomic mass is 9.97. The molecular formula is C14H20BrN3O2. The lowest BCUT2D eigenvalue weighted by Crippen LogP contribution is -2.34. The molecule has 1 aromatic carbocycles. The largest absolute Gasteiger partial charge is 0.317 e. The molecule has 0 unspecified atom stereocenters. The molecule has 0 spiro atoms. The number of nitrogens with one attached hydrogen (secondary N) is 1. The average molecular weight is 342 g/mol. The monoisotopic (exact) mass is 341 g/mol. The Morgan fingerprint density at radius 2 is 2.15 bits per heavy atom. The fourth-order valence-electron chi connectivity index (χ4n) is 2.64. The first kappa shape index (κ1) is 15.4. The first-order chi connectivity index (χ1) is 9.56. The van der Waals surface area contributed by atoms with E-state index in [0.29, 0.717) is 0 Å². The zero-order valence-corrected chi connectivity index (χ0v) is 13.2. The molecule has 1 aromatic rings. The van der Waals surface area contributed by atoms with Gasteiger partial charge in [0.2, 0.25) is 0 Å². The highest BCUT2D eigenvalue weighted by molar-refractivity contribution is 9.10. The number of nitro benzene ring substituents is 1. The molecule has 1 aliphatic heterocycles. The van der Waals surface area contributed by atoms with E-state index in [2.05, 4.69) is 33.2 Å². The smallest absolute Gasteiger partial charge is 0.270 e. The summed E-state index contributed by atoms with van der Waals surface area (Å²) >= 11 is 3.43. The maximum Gasteiger partial charge on any atom is 0.270 e. The summed E-state index contributed by atoms with van der Waals surface area (Å²) in [4.78, 5) is 12.6. The van der Waals surface area contributed by atoms with Crippen LogP contribution in [0.3, 0.4) is 0 Å². The Labute approximate surface area is 127 Å². The van der Waals surface area contributed by atoms with E-state index in [0.717, 1.165) is 42.1 Å². The molecule has 0 atom stereocenters. The second-order valence-electron chi connectivity index (χ2n) is 5.42. The van der Waals surface area contributed by atoms with Gasteiger partial charge in [-0.25, -0.2) is 0 Å². The SMILES string of the molecule is CN(Cc1ccc([N+](=O)[O-])cc1Br)CC1CCNCC1. The van der Waals surface area contributed by atoms with Crippen molar-refractivity contribution in [2.75, 3.05) is 26.7 Å². The van der Waals surface area contributed by atoms with Crippen molar-refractivity contribution in [3.05, 3.63) is 38.3 Å². The molecule has 0 radical (unpaired) electrons. The summed E-state index contributed by atoms with van der Waals surface area (Å²) in [7, 11) is 2.11. The molecule has 0 aliphatic carbocycles. The van der Waals surface area contributed by atoms with Crippen molar-refractivity contribution in [2.45, 2.75) is 19.4 Å². The average Bonchev–Trinajstić information content (AvgIpc) is 2.42. The molecule has 0 aromatic heterocycles. The second kappa shape index (κ2) is 7.15. The Morgan fingerprint density at radius 3 is 2.75 bits per heavy atom. The lowest BCUT2D eigenvalue weighted by Gasteiger charge is -2.27. The van der Waals surface area contributed by atoms with Gasteiger partial charge in [-0.05, 0) is 50.5 Å². The van der Waals surface area contributed by atoms with Crippen LogP contribution in [-0.2, 0) is 6.54 Å². The molecule has 5 nitrogen and oxygen atoms in total. The maximum absolute atomic E-state index is 10.7. The summed E-state index contributed by atoms with van der Waals surface area (Å²) in [5, 5.41) is 14.1. The van der Waals surface area contributed by atoms with Crippen molar-refractivity contribution in [1.82, 2.24) is 10.2 Å². The molecule has 0 amide bonds. The van der Waals surface area contributed by atoms with Gasteiger partial charge in [-0.1, -0.05) is 15.9 Å². The van der Waals surface area contributed by atoms with Crippen molar-refractivity contribution >= 4 is 21.6 Å². The first-order valence-corrected chi connectivity index (χ1v) is 7.67. The zero-order chi connectivity index (χ0) is 14.5. The van der Waals surface area contributed by atoms with Crippen molar-refractivity contribution in [3.8, 4) is 0 Å². The number of hydrogen-bond acceptors (Lipinski definition) is 4. The van der Waals surface area contributed by atoms with E-state index in [-0.39, 0.29) is 10.6 Å². The van der Waals surface area contributed by atoms with Gasteiger partial charge in [-0.15, -0.1) is 0 Å². The van der Waals surface area contributed by atoms with Crippen LogP contribution in [-0.4, -0.2) is 36.5 Å². The summed E-state index contributed by atoms with van der Waals surface area (Å²) in [6, 6.07) is 4.98. The number of benzene rings is 1. The van der Waals surface area contributed by atoms with E-state index in [1.807, 2.05) is 6.07 Å². The Morgan fingerprint density at radius 1 is 1.45 bits per heavy atom. The van der Waals surface area contributed by atoms with E-state index in [1.165, 1.54) is 12.8 Å². The van der Waals surface area contributed by atoms with E-state index < -0.39 is 0 Å². The molecule has 20 heavy (non-hydrogen) atoms. The van der Waals surface area contributed by atoms with Crippen LogP contribution in [0.1, 0.15) is 18.4 Å². The highest BCUT2D eigenvalue weighted by Gasteiger charge is 2.16. The third kappa shape index (κ3) is 4.26. The zero-order valence-electron chi connectivity index (χ0n) is 11.6. The van der Waals surface area contributed by atoms with Crippen molar-refractivity contribution in [1.29, 1.82) is 0 Å². The number of non-ortho nitro benzene ring substituents is 1. The summed E-state index contributed by atoms with van der Waals surface area (Å²) in [5.41, 5.74) is 1.22. The second-order valence-corrected chi connectivity index (χ2v) is 6.28. The minimum absolute atomic E-state index is 0.127. The van der Waals surface area contributed by atoms with Crippen LogP contribution in [0.5, 0.6) is 0 Å². The number of piperidine rings is 1. The third-order valence-electron chi connectivity index (χ3n) is 3.72. The topological polar surface area (TPSA) is 58.4 Å². The fourth-order valence-corrected chi connectivity index (χ4v) is 3.13. The van der Waals surface area contributed by atoms with Crippen molar-refractivity contribution in [2.24, 2.45) is 5.92 Å². The quantitative estimate of drug-likeness (QED) is 0.660. The minimum atomic E-state index is -0.368. The predicted molar refractivity (Wildman–Crippen MR) is 82.7 cm³/mol. The van der Waals surface area contributed by atoms with Crippen LogP contribution in [0.25, 0.3) is 0 Å². The number of nitro groups is 1. The molecule has 2 rings (SSSR count). The number of rotatable bonds is 5. The number of nitrogens with zero attached hydrogens (tertiary/aromatic N) is 2. The minimum Gasteiger partial charge on any atom is -0.317 e. The molecule has 1 saturated heterocycles. The molecule has 0 saturated carbocycles. The van der Waals surface area contributed by atoms with Gasteiger partial charge in [0.25, 0.3) is 5.69 Å². The van der Waals surface area contributed by atoms with Crippen molar-refractivity contribution in [3.63, 3.8) is 0 Å². The third-order valence-corrected chi connectivity index (χ3v) is 4.45. The Kier molecular flexibility index (Phi) is 5.51. The molecule has 110 valence electrons. The van der Waals surface area contributed by atoms with Gasteiger partial charge in [0, 0.05) is 29.7 Å². The first-order valence-electron chi connectivity index (χ1n) is 6.88. The Bertz CT molecular complexity index is 475. The number of hydrogen-bond donors (Lipinski definition) is 1. The molecule has 1 heterocycles. The summed E-state index contributed by atoms with van der Waals surface area (Å²) in [5.74, 6) is 0.748. The molecular weight excluding hydrogens is 322 g/mol. The predicted octanol–water partition coefficient (Wildman–Crippen LogP) is 2.79. The normalized spacial score (nSPS) is 16.6. The van der Waals surface area contributed by atoms with Gasteiger partial charge >= 0.3 is 0 Å². The molecule has 1 aliphatic rings. The molecule has 1 fully saturated rings. The van der Waals surface area contributed by atoms with E-state index in [1.54, 1.807) is 12.1 Å². The Hall–Kier alpha value is -0.980. The molecule has 1 N–H and O–H groups in total. The Balaban J connectivity index is 1.93. The van der Waals surface area contributed by atoms with Gasteiger partial charge in [-0.3, -0.25) is 10.1 Å². The van der Waals surface area contributed by atoms with Crippen LogP contribution < -0.4 is 5.32 Å². The van der Waals surface area contributed by atoms with Crippen LogP contribution in [0, 0.1) is 16.0 Å². The maximum atomic E-state index is 10.7. The highest BCUT2D eigenvalue weighted by atomic mass is 79.9. The van der Waals surface area contributed by atoms with Gasteiger partial charge in [0.05, 0.1) is 4.92 Å². The van der Waals surface area contributed by atoms with Gasteiger partial charge in [0.15, 0.2) is 0 Å². The lowest BCUT2D eigenvalue weighted by molar-refractivity contribution is -0.384. The van der Waals surface area contributed by atoms with Crippen molar-refractivity contribution < 1.29 is 4.92 Å². The summed E-state index contributed by atoms with van der Waals surface area (Å²) in [6.07, 6.45) is 2.46. The summed E-state index contributed by atoms with van der Waals surface area (Å²) < 4.78 is 0.809. The highest BCUT2D eigenvalue weighted by Crippen LogP contribution is 2.24. The van der Waals surface area contributed by atoms with E-state index in [4.69, 9.17) is 0 Å². The van der Waals surface area contributed by atoms with Crippen LogP contribution in [0.4, 0.5) is 5.69 Å². The van der Waals surface area contributed by atoms with E-state index >= 15 is 0 Å². The van der Waals surface area contributed by atoms with Crippen LogP contribution in [0.2, 0.25) is 0 Å². The van der Waals surface area contributed by atoms with Crippen LogP contribution >= 0.6 is 15.9 Å². The fraction of sp³-hybridized carbons (Fsp3) is 0.571. The number of halogens is 1. The molecule has 6 heteroatoms.